The Labute approximate surface area is 133 Å². The highest BCUT2D eigenvalue weighted by molar-refractivity contribution is 5.96. The second-order valence-electron chi connectivity index (χ2n) is 5.37. The van der Waals surface area contributed by atoms with E-state index < -0.39 is 4.92 Å². The van der Waals surface area contributed by atoms with E-state index in [9.17, 15) is 10.1 Å². The summed E-state index contributed by atoms with van der Waals surface area (Å²) in [6.07, 6.45) is 0. The van der Waals surface area contributed by atoms with Crippen molar-refractivity contribution in [3.05, 3.63) is 69.7 Å². The fourth-order valence-electron chi connectivity index (χ4n) is 2.54. The molecule has 6 nitrogen and oxygen atoms in total. The van der Waals surface area contributed by atoms with E-state index in [0.29, 0.717) is 12.1 Å². The fourth-order valence-corrected chi connectivity index (χ4v) is 2.54. The lowest BCUT2D eigenvalue weighted by Crippen LogP contribution is -2.04. The van der Waals surface area contributed by atoms with Gasteiger partial charge in [-0.1, -0.05) is 18.2 Å². The van der Waals surface area contributed by atoms with Crippen LogP contribution in [-0.4, -0.2) is 14.9 Å². The van der Waals surface area contributed by atoms with Gasteiger partial charge in [-0.3, -0.25) is 15.1 Å². The Kier molecular flexibility index (Phi) is 3.89. The summed E-state index contributed by atoms with van der Waals surface area (Å²) in [7, 11) is 0. The smallest absolute Gasteiger partial charge is 0.295 e. The summed E-state index contributed by atoms with van der Waals surface area (Å²) in [5.74, 6) is 0. The minimum absolute atomic E-state index is 0.0166. The summed E-state index contributed by atoms with van der Waals surface area (Å²) in [5, 5.41) is 15.2. The van der Waals surface area contributed by atoms with Crippen molar-refractivity contribution in [3.63, 3.8) is 0 Å². The summed E-state index contributed by atoms with van der Waals surface area (Å²) >= 11 is 0. The SMILES string of the molecule is Cc1cccc(CNc2cc(C)nc3c([N+](=O)[O-])cccc23)n1. The number of benzene rings is 1. The van der Waals surface area contributed by atoms with Gasteiger partial charge in [0.15, 0.2) is 5.52 Å². The minimum Gasteiger partial charge on any atom is -0.379 e. The zero-order valence-electron chi connectivity index (χ0n) is 12.9. The van der Waals surface area contributed by atoms with Gasteiger partial charge in [0.05, 0.1) is 17.2 Å². The molecule has 0 aliphatic carbocycles. The third-order valence-electron chi connectivity index (χ3n) is 3.55. The lowest BCUT2D eigenvalue weighted by molar-refractivity contribution is -0.383. The first-order valence-electron chi connectivity index (χ1n) is 7.26. The molecule has 0 bridgehead atoms. The molecule has 0 unspecified atom stereocenters. The molecule has 0 saturated heterocycles. The van der Waals surface area contributed by atoms with Crippen molar-refractivity contribution in [2.75, 3.05) is 5.32 Å². The predicted octanol–water partition coefficient (Wildman–Crippen LogP) is 3.77. The van der Waals surface area contributed by atoms with Crippen LogP contribution in [0.25, 0.3) is 10.9 Å². The van der Waals surface area contributed by atoms with Crippen LogP contribution in [0.1, 0.15) is 17.1 Å². The van der Waals surface area contributed by atoms with E-state index in [2.05, 4.69) is 15.3 Å². The zero-order chi connectivity index (χ0) is 16.4. The molecule has 0 saturated carbocycles. The lowest BCUT2D eigenvalue weighted by Gasteiger charge is -2.11. The van der Waals surface area contributed by atoms with Crippen LogP contribution in [0.2, 0.25) is 0 Å². The number of hydrogen-bond acceptors (Lipinski definition) is 5. The molecule has 0 amide bonds. The molecule has 1 aromatic carbocycles. The van der Waals surface area contributed by atoms with E-state index in [1.807, 2.05) is 44.2 Å². The molecule has 0 aliphatic rings. The first-order chi connectivity index (χ1) is 11.0. The highest BCUT2D eigenvalue weighted by atomic mass is 16.6. The maximum atomic E-state index is 11.2. The number of aryl methyl sites for hydroxylation is 2. The van der Waals surface area contributed by atoms with Crippen LogP contribution >= 0.6 is 0 Å². The summed E-state index contributed by atoms with van der Waals surface area (Å²) in [4.78, 5) is 19.6. The van der Waals surface area contributed by atoms with E-state index in [0.717, 1.165) is 28.2 Å². The molecular formula is C17H16N4O2. The van der Waals surface area contributed by atoms with Gasteiger partial charge in [0.25, 0.3) is 5.69 Å². The molecule has 116 valence electrons. The molecule has 0 fully saturated rings. The first-order valence-corrected chi connectivity index (χ1v) is 7.26. The highest BCUT2D eigenvalue weighted by Gasteiger charge is 2.15. The van der Waals surface area contributed by atoms with Crippen LogP contribution in [0, 0.1) is 24.0 Å². The van der Waals surface area contributed by atoms with Gasteiger partial charge in [0.2, 0.25) is 0 Å². The Morgan fingerprint density at radius 2 is 1.87 bits per heavy atom. The topological polar surface area (TPSA) is 81.0 Å². The number of nitrogens with one attached hydrogen (secondary N) is 1. The minimum atomic E-state index is -0.402. The van der Waals surface area contributed by atoms with Gasteiger partial charge < -0.3 is 5.32 Å². The van der Waals surface area contributed by atoms with Gasteiger partial charge in [-0.15, -0.1) is 0 Å². The standard InChI is InChI=1S/C17H16N4O2/c1-11-5-3-6-13(19-11)10-18-15-9-12(2)20-17-14(15)7-4-8-16(17)21(22)23/h3-9H,10H2,1-2H3,(H,18,20). The Hall–Kier alpha value is -3.02. The quantitative estimate of drug-likeness (QED) is 0.586. The number of nitrogens with zero attached hydrogens (tertiary/aromatic N) is 3. The Bertz CT molecular complexity index is 893. The number of non-ortho nitro benzene ring substituents is 1. The third-order valence-corrected chi connectivity index (χ3v) is 3.55. The van der Waals surface area contributed by atoms with E-state index in [-0.39, 0.29) is 5.69 Å². The average Bonchev–Trinajstić information content (AvgIpc) is 2.52. The number of para-hydroxylation sites is 1. The van der Waals surface area contributed by atoms with Gasteiger partial charge in [0, 0.05) is 28.5 Å². The van der Waals surface area contributed by atoms with Crippen molar-refractivity contribution in [1.82, 2.24) is 9.97 Å². The molecule has 2 heterocycles. The van der Waals surface area contributed by atoms with Gasteiger partial charge in [0.1, 0.15) is 0 Å². The predicted molar refractivity (Wildman–Crippen MR) is 89.4 cm³/mol. The first kappa shape index (κ1) is 14.9. The maximum absolute atomic E-state index is 11.2. The average molecular weight is 308 g/mol. The number of pyridine rings is 2. The molecule has 0 aliphatic heterocycles. The number of anilines is 1. The van der Waals surface area contributed by atoms with E-state index >= 15 is 0 Å². The number of nitro groups is 1. The van der Waals surface area contributed by atoms with Crippen molar-refractivity contribution in [1.29, 1.82) is 0 Å². The van der Waals surface area contributed by atoms with Crippen LogP contribution in [-0.2, 0) is 6.54 Å². The molecular weight excluding hydrogens is 292 g/mol. The molecule has 0 spiro atoms. The van der Waals surface area contributed by atoms with Crippen LogP contribution < -0.4 is 5.32 Å². The molecule has 3 rings (SSSR count). The van der Waals surface area contributed by atoms with Gasteiger partial charge in [-0.05, 0) is 32.0 Å². The largest absolute Gasteiger partial charge is 0.379 e. The summed E-state index contributed by atoms with van der Waals surface area (Å²) in [6, 6.07) is 12.7. The van der Waals surface area contributed by atoms with Crippen molar-refractivity contribution >= 4 is 22.3 Å². The Morgan fingerprint density at radius 1 is 1.09 bits per heavy atom. The third kappa shape index (κ3) is 3.11. The monoisotopic (exact) mass is 308 g/mol. The number of hydrogen-bond donors (Lipinski definition) is 1. The number of aromatic nitrogens is 2. The molecule has 1 N–H and O–H groups in total. The van der Waals surface area contributed by atoms with Crippen molar-refractivity contribution in [2.45, 2.75) is 20.4 Å². The van der Waals surface area contributed by atoms with Gasteiger partial charge in [-0.25, -0.2) is 4.98 Å². The lowest BCUT2D eigenvalue weighted by atomic mass is 10.1. The van der Waals surface area contributed by atoms with Crippen LogP contribution in [0.5, 0.6) is 0 Å². The summed E-state index contributed by atoms with van der Waals surface area (Å²) in [6.45, 7) is 4.31. The number of rotatable bonds is 4. The van der Waals surface area contributed by atoms with Crippen molar-refractivity contribution in [2.24, 2.45) is 0 Å². The molecule has 0 radical (unpaired) electrons. The van der Waals surface area contributed by atoms with Crippen LogP contribution in [0.3, 0.4) is 0 Å². The van der Waals surface area contributed by atoms with Crippen molar-refractivity contribution < 1.29 is 4.92 Å². The maximum Gasteiger partial charge on any atom is 0.295 e. The second kappa shape index (κ2) is 6.00. The van der Waals surface area contributed by atoms with Gasteiger partial charge >= 0.3 is 0 Å². The summed E-state index contributed by atoms with van der Waals surface area (Å²) < 4.78 is 0. The molecule has 2 aromatic heterocycles. The van der Waals surface area contributed by atoms with Gasteiger partial charge in [-0.2, -0.15) is 0 Å². The molecule has 6 heteroatoms. The Morgan fingerprint density at radius 3 is 2.61 bits per heavy atom. The van der Waals surface area contributed by atoms with Crippen LogP contribution in [0.15, 0.2) is 42.5 Å². The zero-order valence-corrected chi connectivity index (χ0v) is 12.9. The van der Waals surface area contributed by atoms with Crippen LogP contribution in [0.4, 0.5) is 11.4 Å². The fraction of sp³-hybridized carbons (Fsp3) is 0.176. The van der Waals surface area contributed by atoms with Crippen molar-refractivity contribution in [3.8, 4) is 0 Å². The van der Waals surface area contributed by atoms with E-state index in [4.69, 9.17) is 0 Å². The molecule has 23 heavy (non-hydrogen) atoms. The number of fused-ring (bicyclic) bond motifs is 1. The highest BCUT2D eigenvalue weighted by Crippen LogP contribution is 2.30. The number of nitro benzene ring substituents is 1. The molecule has 3 aromatic rings. The Balaban J connectivity index is 2.00. The second-order valence-corrected chi connectivity index (χ2v) is 5.37. The normalized spacial score (nSPS) is 10.7. The summed E-state index contributed by atoms with van der Waals surface area (Å²) in [5.41, 5.74) is 3.83. The molecule has 0 atom stereocenters. The van der Waals surface area contributed by atoms with E-state index in [1.54, 1.807) is 6.07 Å². The van der Waals surface area contributed by atoms with E-state index in [1.165, 1.54) is 6.07 Å².